The third kappa shape index (κ3) is 1.47. The second-order valence-corrected chi connectivity index (χ2v) is 4.28. The molecule has 2 unspecified atom stereocenters. The Labute approximate surface area is 94.5 Å². The van der Waals surface area contributed by atoms with Gasteiger partial charge in [-0.15, -0.1) is 0 Å². The highest BCUT2D eigenvalue weighted by molar-refractivity contribution is 5.72. The fraction of sp³-hybridized carbons (Fsp3) is 0.214. The summed E-state index contributed by atoms with van der Waals surface area (Å²) in [5, 5.41) is 0. The molecule has 1 saturated carbocycles. The number of nitrogens with zero attached hydrogens (tertiary/aromatic N) is 1. The topological polar surface area (TPSA) is 22.0 Å². The van der Waals surface area contributed by atoms with Gasteiger partial charge in [0, 0.05) is 18.2 Å². The van der Waals surface area contributed by atoms with Crippen LogP contribution in [0, 0.1) is 0 Å². The monoisotopic (exact) mass is 211 g/mol. The molecule has 1 aliphatic carbocycles. The molecule has 0 bridgehead atoms. The maximum absolute atomic E-state index is 10.8. The molecule has 2 aromatic rings. The summed E-state index contributed by atoms with van der Waals surface area (Å²) in [6.45, 7) is 0. The van der Waals surface area contributed by atoms with Crippen LogP contribution in [0.25, 0.3) is 0 Å². The first-order valence-electron chi connectivity index (χ1n) is 5.57. The molecule has 0 spiro atoms. The summed E-state index contributed by atoms with van der Waals surface area (Å²) in [5.74, 6) is 0.576. The van der Waals surface area contributed by atoms with Crippen molar-refractivity contribution >= 4 is 6.29 Å². The molecule has 0 radical (unpaired) electrons. The maximum Gasteiger partial charge on any atom is 0.166 e. The van der Waals surface area contributed by atoms with E-state index < -0.39 is 0 Å². The smallest absolute Gasteiger partial charge is 0.166 e. The fourth-order valence-electron chi connectivity index (χ4n) is 2.36. The maximum atomic E-state index is 10.8. The molecule has 1 aliphatic rings. The van der Waals surface area contributed by atoms with Crippen molar-refractivity contribution < 1.29 is 4.79 Å². The van der Waals surface area contributed by atoms with E-state index in [0.717, 1.165) is 18.4 Å². The number of aldehydes is 1. The van der Waals surface area contributed by atoms with Gasteiger partial charge in [0.25, 0.3) is 0 Å². The molecule has 1 fully saturated rings. The first kappa shape index (κ1) is 9.40. The van der Waals surface area contributed by atoms with E-state index in [9.17, 15) is 4.79 Å². The molecular formula is C14H13NO. The van der Waals surface area contributed by atoms with Crippen LogP contribution in [0.2, 0.25) is 0 Å². The van der Waals surface area contributed by atoms with E-state index in [2.05, 4.69) is 28.8 Å². The molecule has 2 atom stereocenters. The van der Waals surface area contributed by atoms with Crippen LogP contribution in [0.1, 0.15) is 34.4 Å². The Morgan fingerprint density at radius 1 is 1.12 bits per heavy atom. The van der Waals surface area contributed by atoms with E-state index in [0.29, 0.717) is 12.0 Å². The first-order chi connectivity index (χ1) is 7.90. The molecule has 3 rings (SSSR count). The van der Waals surface area contributed by atoms with Crippen LogP contribution in [0.3, 0.4) is 0 Å². The molecule has 1 heterocycles. The van der Waals surface area contributed by atoms with E-state index in [1.54, 1.807) is 0 Å². The second kappa shape index (κ2) is 3.63. The molecule has 80 valence electrons. The molecule has 16 heavy (non-hydrogen) atoms. The normalized spacial score (nSPS) is 23.0. The number of carbonyl (C=O) groups is 1. The zero-order valence-electron chi connectivity index (χ0n) is 8.91. The highest BCUT2D eigenvalue weighted by atomic mass is 16.1. The van der Waals surface area contributed by atoms with Gasteiger partial charge in [0.15, 0.2) is 6.29 Å². The lowest BCUT2D eigenvalue weighted by Crippen LogP contribution is -1.99. The van der Waals surface area contributed by atoms with Crippen LogP contribution in [0.15, 0.2) is 48.7 Å². The van der Waals surface area contributed by atoms with Crippen molar-refractivity contribution in [3.8, 4) is 0 Å². The van der Waals surface area contributed by atoms with Crippen LogP contribution in [-0.2, 0) is 0 Å². The summed E-state index contributed by atoms with van der Waals surface area (Å²) >= 11 is 0. The summed E-state index contributed by atoms with van der Waals surface area (Å²) in [5.41, 5.74) is 2.15. The molecule has 2 nitrogen and oxygen atoms in total. The lowest BCUT2D eigenvalue weighted by atomic mass is 10.1. The highest BCUT2D eigenvalue weighted by Gasteiger charge is 2.40. The lowest BCUT2D eigenvalue weighted by Gasteiger charge is -2.04. The number of hydrogen-bond acceptors (Lipinski definition) is 1. The van der Waals surface area contributed by atoms with E-state index in [4.69, 9.17) is 0 Å². The molecule has 1 aromatic carbocycles. The molecule has 0 amide bonds. The zero-order chi connectivity index (χ0) is 11.0. The number of benzene rings is 1. The van der Waals surface area contributed by atoms with Gasteiger partial charge in [-0.2, -0.15) is 0 Å². The Hall–Kier alpha value is -1.83. The molecule has 0 aliphatic heterocycles. The minimum Gasteiger partial charge on any atom is -0.342 e. The quantitative estimate of drug-likeness (QED) is 0.715. The predicted octanol–water partition coefficient (Wildman–Crippen LogP) is 3.03. The van der Waals surface area contributed by atoms with Crippen molar-refractivity contribution in [2.24, 2.45) is 0 Å². The van der Waals surface area contributed by atoms with E-state index >= 15 is 0 Å². The SMILES string of the molecule is O=Cc1cccn1C1CC1c1ccccc1. The number of rotatable bonds is 3. The van der Waals surface area contributed by atoms with Crippen molar-refractivity contribution in [2.45, 2.75) is 18.4 Å². The minimum atomic E-state index is 0.470. The molecular weight excluding hydrogens is 198 g/mol. The van der Waals surface area contributed by atoms with Crippen LogP contribution in [-0.4, -0.2) is 10.9 Å². The summed E-state index contributed by atoms with van der Waals surface area (Å²) in [6.07, 6.45) is 4.07. The lowest BCUT2D eigenvalue weighted by molar-refractivity contribution is 0.111. The average Bonchev–Trinajstić information content (AvgIpc) is 3.00. The van der Waals surface area contributed by atoms with Crippen molar-refractivity contribution in [3.05, 3.63) is 59.9 Å². The van der Waals surface area contributed by atoms with E-state index in [1.807, 2.05) is 24.4 Å². The number of aromatic nitrogens is 1. The molecule has 0 saturated heterocycles. The van der Waals surface area contributed by atoms with Crippen LogP contribution < -0.4 is 0 Å². The average molecular weight is 211 g/mol. The third-order valence-corrected chi connectivity index (χ3v) is 3.27. The van der Waals surface area contributed by atoms with Crippen LogP contribution in [0.5, 0.6) is 0 Å². The Morgan fingerprint density at radius 3 is 2.69 bits per heavy atom. The summed E-state index contributed by atoms with van der Waals surface area (Å²) in [4.78, 5) is 10.8. The van der Waals surface area contributed by atoms with Crippen molar-refractivity contribution in [1.82, 2.24) is 4.57 Å². The highest BCUT2D eigenvalue weighted by Crippen LogP contribution is 2.51. The Bertz CT molecular complexity index is 500. The summed E-state index contributed by atoms with van der Waals surface area (Å²) < 4.78 is 2.09. The summed E-state index contributed by atoms with van der Waals surface area (Å²) in [6, 6.07) is 14.8. The van der Waals surface area contributed by atoms with Crippen molar-refractivity contribution in [2.75, 3.05) is 0 Å². The Kier molecular flexibility index (Phi) is 2.13. The third-order valence-electron chi connectivity index (χ3n) is 3.27. The van der Waals surface area contributed by atoms with Gasteiger partial charge in [-0.25, -0.2) is 0 Å². The van der Waals surface area contributed by atoms with Gasteiger partial charge < -0.3 is 4.57 Å². The summed E-state index contributed by atoms with van der Waals surface area (Å²) in [7, 11) is 0. The van der Waals surface area contributed by atoms with Gasteiger partial charge in [-0.3, -0.25) is 4.79 Å². The van der Waals surface area contributed by atoms with Gasteiger partial charge in [-0.1, -0.05) is 30.3 Å². The van der Waals surface area contributed by atoms with Gasteiger partial charge in [0.1, 0.15) is 0 Å². The van der Waals surface area contributed by atoms with Gasteiger partial charge in [-0.05, 0) is 24.1 Å². The molecule has 1 aromatic heterocycles. The second-order valence-electron chi connectivity index (χ2n) is 4.28. The number of carbonyl (C=O) groups excluding carboxylic acids is 1. The van der Waals surface area contributed by atoms with Gasteiger partial charge >= 0.3 is 0 Å². The largest absolute Gasteiger partial charge is 0.342 e. The van der Waals surface area contributed by atoms with Gasteiger partial charge in [0.05, 0.1) is 5.69 Å². The standard InChI is InChI=1S/C14H13NO/c16-10-12-7-4-8-15(12)14-9-13(14)11-5-2-1-3-6-11/h1-8,10,13-14H,9H2. The van der Waals surface area contributed by atoms with Crippen LogP contribution in [0.4, 0.5) is 0 Å². The number of hydrogen-bond donors (Lipinski definition) is 0. The molecule has 2 heteroatoms. The van der Waals surface area contributed by atoms with Crippen molar-refractivity contribution in [1.29, 1.82) is 0 Å². The van der Waals surface area contributed by atoms with E-state index in [1.165, 1.54) is 5.56 Å². The fourth-order valence-corrected chi connectivity index (χ4v) is 2.36. The zero-order valence-corrected chi connectivity index (χ0v) is 8.91. The minimum absolute atomic E-state index is 0.470. The Balaban J connectivity index is 1.84. The van der Waals surface area contributed by atoms with Crippen molar-refractivity contribution in [3.63, 3.8) is 0 Å². The van der Waals surface area contributed by atoms with Gasteiger partial charge in [0.2, 0.25) is 0 Å². The van der Waals surface area contributed by atoms with E-state index in [-0.39, 0.29) is 0 Å². The Morgan fingerprint density at radius 2 is 1.94 bits per heavy atom. The predicted molar refractivity (Wildman–Crippen MR) is 62.7 cm³/mol. The molecule has 0 N–H and O–H groups in total. The van der Waals surface area contributed by atoms with Crippen LogP contribution >= 0.6 is 0 Å². The first-order valence-corrected chi connectivity index (χ1v) is 5.57.